The van der Waals surface area contributed by atoms with Crippen molar-refractivity contribution in [2.75, 3.05) is 6.54 Å². The van der Waals surface area contributed by atoms with Crippen LogP contribution in [0.2, 0.25) is 0 Å². The van der Waals surface area contributed by atoms with Crippen molar-refractivity contribution in [1.82, 2.24) is 15.1 Å². The molecule has 0 bridgehead atoms. The summed E-state index contributed by atoms with van der Waals surface area (Å²) in [6.07, 6.45) is 1.30. The largest absolute Gasteiger partial charge is 0.481 e. The van der Waals surface area contributed by atoms with Gasteiger partial charge in [0.05, 0.1) is 11.4 Å². The SMILES string of the molecule is C[C@@H]1[C@H](C(=O)O)CCCN1C(=O)c1n[nH]c2ccc(Br)cc12. The molecule has 1 aromatic heterocycles. The van der Waals surface area contributed by atoms with Gasteiger partial charge in [-0.15, -0.1) is 0 Å². The fourth-order valence-corrected chi connectivity index (χ4v) is 3.41. The van der Waals surface area contributed by atoms with Crippen LogP contribution in [-0.2, 0) is 4.79 Å². The second kappa shape index (κ2) is 5.72. The first kappa shape index (κ1) is 15.0. The van der Waals surface area contributed by atoms with Gasteiger partial charge in [-0.3, -0.25) is 14.7 Å². The van der Waals surface area contributed by atoms with E-state index in [0.717, 1.165) is 15.4 Å². The molecule has 1 aliphatic heterocycles. The molecule has 2 atom stereocenters. The highest BCUT2D eigenvalue weighted by atomic mass is 79.9. The number of hydrogen-bond donors (Lipinski definition) is 2. The van der Waals surface area contributed by atoms with Crippen molar-refractivity contribution in [1.29, 1.82) is 0 Å². The van der Waals surface area contributed by atoms with Gasteiger partial charge < -0.3 is 10.0 Å². The van der Waals surface area contributed by atoms with E-state index in [-0.39, 0.29) is 11.9 Å². The summed E-state index contributed by atoms with van der Waals surface area (Å²) in [4.78, 5) is 25.7. The lowest BCUT2D eigenvalue weighted by Crippen LogP contribution is -2.49. The Bertz CT molecular complexity index is 743. The smallest absolute Gasteiger partial charge is 0.308 e. The van der Waals surface area contributed by atoms with Crippen molar-refractivity contribution in [2.45, 2.75) is 25.8 Å². The van der Waals surface area contributed by atoms with Crippen molar-refractivity contribution >= 4 is 38.7 Å². The molecule has 22 heavy (non-hydrogen) atoms. The fourth-order valence-electron chi connectivity index (χ4n) is 3.05. The minimum atomic E-state index is -0.848. The molecule has 2 N–H and O–H groups in total. The molecule has 1 aliphatic rings. The van der Waals surface area contributed by atoms with Gasteiger partial charge in [0.25, 0.3) is 5.91 Å². The first-order valence-electron chi connectivity index (χ1n) is 7.16. The zero-order valence-electron chi connectivity index (χ0n) is 12.0. The Hall–Kier alpha value is -1.89. The summed E-state index contributed by atoms with van der Waals surface area (Å²) in [6.45, 7) is 2.35. The summed E-state index contributed by atoms with van der Waals surface area (Å²) in [6, 6.07) is 5.23. The lowest BCUT2D eigenvalue weighted by molar-refractivity contribution is -0.144. The first-order chi connectivity index (χ1) is 10.5. The number of halogens is 1. The number of piperidine rings is 1. The summed E-state index contributed by atoms with van der Waals surface area (Å²) in [5.74, 6) is -1.59. The van der Waals surface area contributed by atoms with Crippen LogP contribution in [0.4, 0.5) is 0 Å². The Balaban J connectivity index is 1.95. The van der Waals surface area contributed by atoms with Gasteiger partial charge in [-0.2, -0.15) is 5.10 Å². The van der Waals surface area contributed by atoms with Crippen LogP contribution in [0.25, 0.3) is 10.9 Å². The molecular formula is C15H16BrN3O3. The number of fused-ring (bicyclic) bond motifs is 1. The van der Waals surface area contributed by atoms with Gasteiger partial charge in [0.1, 0.15) is 0 Å². The molecule has 0 spiro atoms. The minimum absolute atomic E-state index is 0.220. The van der Waals surface area contributed by atoms with Crippen LogP contribution >= 0.6 is 15.9 Å². The molecule has 0 aliphatic carbocycles. The summed E-state index contributed by atoms with van der Waals surface area (Å²) in [5.41, 5.74) is 1.13. The van der Waals surface area contributed by atoms with E-state index < -0.39 is 11.9 Å². The molecule has 1 fully saturated rings. The second-order valence-electron chi connectivity index (χ2n) is 5.59. The number of H-pyrrole nitrogens is 1. The van der Waals surface area contributed by atoms with E-state index >= 15 is 0 Å². The molecule has 116 valence electrons. The third kappa shape index (κ3) is 2.49. The number of aromatic amines is 1. The molecule has 0 radical (unpaired) electrons. The number of amides is 1. The zero-order valence-corrected chi connectivity index (χ0v) is 13.6. The fraction of sp³-hybridized carbons (Fsp3) is 0.400. The van der Waals surface area contributed by atoms with E-state index in [9.17, 15) is 14.7 Å². The van der Waals surface area contributed by atoms with Crippen molar-refractivity contribution in [3.05, 3.63) is 28.4 Å². The van der Waals surface area contributed by atoms with Crippen LogP contribution in [0.15, 0.2) is 22.7 Å². The van der Waals surface area contributed by atoms with Crippen molar-refractivity contribution in [3.8, 4) is 0 Å². The van der Waals surface area contributed by atoms with E-state index in [1.54, 1.807) is 11.8 Å². The topological polar surface area (TPSA) is 86.3 Å². The van der Waals surface area contributed by atoms with Crippen molar-refractivity contribution < 1.29 is 14.7 Å². The quantitative estimate of drug-likeness (QED) is 0.856. The maximum atomic E-state index is 12.8. The molecule has 0 unspecified atom stereocenters. The molecule has 6 nitrogen and oxygen atoms in total. The summed E-state index contributed by atoms with van der Waals surface area (Å²) in [7, 11) is 0. The van der Waals surface area contributed by atoms with Gasteiger partial charge >= 0.3 is 5.97 Å². The third-order valence-corrected chi connectivity index (χ3v) is 4.79. The number of nitrogens with one attached hydrogen (secondary N) is 1. The standard InChI is InChI=1S/C15H16BrN3O3/c1-8-10(15(21)22)3-2-6-19(8)14(20)13-11-7-9(16)4-5-12(11)17-18-13/h4-5,7-8,10H,2-3,6H2,1H3,(H,17,18)(H,21,22)/t8-,10-/m1/s1. The van der Waals surface area contributed by atoms with Gasteiger partial charge in [0.2, 0.25) is 0 Å². The Morgan fingerprint density at radius 1 is 1.45 bits per heavy atom. The average molecular weight is 366 g/mol. The normalized spacial score (nSPS) is 22.0. The van der Waals surface area contributed by atoms with E-state index in [4.69, 9.17) is 0 Å². The van der Waals surface area contributed by atoms with E-state index in [1.165, 1.54) is 0 Å². The molecule has 7 heteroatoms. The number of nitrogens with zero attached hydrogens (tertiary/aromatic N) is 2. The number of aromatic nitrogens is 2. The number of hydrogen-bond acceptors (Lipinski definition) is 3. The number of benzene rings is 1. The number of likely N-dealkylation sites (tertiary alicyclic amines) is 1. The highest BCUT2D eigenvalue weighted by Crippen LogP contribution is 2.27. The maximum absolute atomic E-state index is 12.8. The highest BCUT2D eigenvalue weighted by Gasteiger charge is 2.36. The van der Waals surface area contributed by atoms with Crippen LogP contribution < -0.4 is 0 Å². The van der Waals surface area contributed by atoms with Crippen molar-refractivity contribution in [2.24, 2.45) is 5.92 Å². The number of carboxylic acids is 1. The second-order valence-corrected chi connectivity index (χ2v) is 6.50. The van der Waals surface area contributed by atoms with E-state index in [1.807, 2.05) is 18.2 Å². The predicted octanol–water partition coefficient (Wildman–Crippen LogP) is 2.65. The van der Waals surface area contributed by atoms with Crippen LogP contribution in [0.1, 0.15) is 30.3 Å². The summed E-state index contributed by atoms with van der Waals surface area (Å²) >= 11 is 3.39. The van der Waals surface area contributed by atoms with E-state index in [0.29, 0.717) is 25.1 Å². The number of carbonyl (C=O) groups is 2. The van der Waals surface area contributed by atoms with Crippen LogP contribution in [0, 0.1) is 5.92 Å². The molecule has 1 amide bonds. The molecule has 3 rings (SSSR count). The molecule has 2 aromatic rings. The van der Waals surface area contributed by atoms with Crippen LogP contribution in [-0.4, -0.2) is 44.7 Å². The first-order valence-corrected chi connectivity index (χ1v) is 7.95. The molecule has 0 saturated carbocycles. The lowest BCUT2D eigenvalue weighted by Gasteiger charge is -2.37. The Morgan fingerprint density at radius 2 is 2.23 bits per heavy atom. The molecule has 2 heterocycles. The van der Waals surface area contributed by atoms with Gasteiger partial charge in [0, 0.05) is 22.4 Å². The summed E-state index contributed by atoms with van der Waals surface area (Å²) in [5, 5.41) is 17.0. The molecule has 1 saturated heterocycles. The summed E-state index contributed by atoms with van der Waals surface area (Å²) < 4.78 is 0.866. The van der Waals surface area contributed by atoms with Crippen LogP contribution in [0.5, 0.6) is 0 Å². The number of rotatable bonds is 2. The van der Waals surface area contributed by atoms with Gasteiger partial charge in [-0.05, 0) is 38.0 Å². The van der Waals surface area contributed by atoms with Gasteiger partial charge in [-0.1, -0.05) is 15.9 Å². The number of carbonyl (C=O) groups excluding carboxylic acids is 1. The highest BCUT2D eigenvalue weighted by molar-refractivity contribution is 9.10. The van der Waals surface area contributed by atoms with Gasteiger partial charge in [0.15, 0.2) is 5.69 Å². The van der Waals surface area contributed by atoms with Gasteiger partial charge in [-0.25, -0.2) is 0 Å². The number of aliphatic carboxylic acids is 1. The Kier molecular flexibility index (Phi) is 3.90. The minimum Gasteiger partial charge on any atom is -0.481 e. The van der Waals surface area contributed by atoms with Crippen LogP contribution in [0.3, 0.4) is 0 Å². The lowest BCUT2D eigenvalue weighted by atomic mass is 9.90. The third-order valence-electron chi connectivity index (χ3n) is 4.29. The zero-order chi connectivity index (χ0) is 15.9. The molecule has 1 aromatic carbocycles. The Morgan fingerprint density at radius 3 is 2.95 bits per heavy atom. The molecular weight excluding hydrogens is 350 g/mol. The van der Waals surface area contributed by atoms with Crippen molar-refractivity contribution in [3.63, 3.8) is 0 Å². The predicted molar refractivity (Wildman–Crippen MR) is 84.7 cm³/mol. The maximum Gasteiger partial charge on any atom is 0.308 e. The monoisotopic (exact) mass is 365 g/mol. The number of carboxylic acid groups (broad SMARTS) is 1. The Labute approximate surface area is 135 Å². The average Bonchev–Trinajstić information content (AvgIpc) is 2.89. The van der Waals surface area contributed by atoms with E-state index in [2.05, 4.69) is 26.1 Å².